The largest absolute Gasteiger partial charge is 0.485 e. The number of hydrogen-bond donors (Lipinski definition) is 1. The second-order valence-electron chi connectivity index (χ2n) is 9.57. The van der Waals surface area contributed by atoms with E-state index in [0.717, 1.165) is 78.6 Å². The van der Waals surface area contributed by atoms with Crippen LogP contribution in [0.4, 0.5) is 10.1 Å². The Morgan fingerprint density at radius 2 is 1.87 bits per heavy atom. The summed E-state index contributed by atoms with van der Waals surface area (Å²) in [7, 11) is 1.60. The molecule has 2 aliphatic rings. The minimum absolute atomic E-state index is 0. The van der Waals surface area contributed by atoms with Gasteiger partial charge in [-0.05, 0) is 43.2 Å². The first kappa shape index (κ1) is 28.6. The number of carbonyl (C=O) groups is 1. The number of piperazine rings is 1. The second-order valence-corrected chi connectivity index (χ2v) is 9.57. The van der Waals surface area contributed by atoms with E-state index < -0.39 is 0 Å². The molecule has 0 saturated carbocycles. The van der Waals surface area contributed by atoms with Crippen LogP contribution < -0.4 is 15.0 Å². The number of aryl methyl sites for hydroxylation is 1. The second kappa shape index (κ2) is 11.8. The molecular weight excluding hydrogens is 542 g/mol. The molecule has 206 valence electrons. The molecular formula is C28H31Cl2FN6O2. The first-order valence-electron chi connectivity index (χ1n) is 12.6. The van der Waals surface area contributed by atoms with E-state index >= 15 is 0 Å². The molecule has 8 nitrogen and oxygen atoms in total. The maximum Gasteiger partial charge on any atom is 0.271 e. The monoisotopic (exact) mass is 572 g/mol. The van der Waals surface area contributed by atoms with E-state index in [2.05, 4.69) is 31.2 Å². The highest BCUT2D eigenvalue weighted by atomic mass is 35.5. The molecule has 1 saturated heterocycles. The van der Waals surface area contributed by atoms with E-state index in [1.807, 2.05) is 35.8 Å². The zero-order chi connectivity index (χ0) is 25.5. The van der Waals surface area contributed by atoms with Crippen molar-refractivity contribution < 1.29 is 13.9 Å². The number of halogens is 3. The van der Waals surface area contributed by atoms with Gasteiger partial charge >= 0.3 is 0 Å². The smallest absolute Gasteiger partial charge is 0.271 e. The van der Waals surface area contributed by atoms with E-state index in [1.54, 1.807) is 19.4 Å². The number of benzene rings is 2. The van der Waals surface area contributed by atoms with E-state index in [9.17, 15) is 9.18 Å². The lowest BCUT2D eigenvalue weighted by atomic mass is 10.1. The van der Waals surface area contributed by atoms with Gasteiger partial charge in [0.15, 0.2) is 5.69 Å². The number of pyridine rings is 1. The van der Waals surface area contributed by atoms with Crippen LogP contribution in [0.3, 0.4) is 0 Å². The highest BCUT2D eigenvalue weighted by Crippen LogP contribution is 2.35. The van der Waals surface area contributed by atoms with Crippen LogP contribution in [0.2, 0.25) is 0 Å². The summed E-state index contributed by atoms with van der Waals surface area (Å²) >= 11 is 0. The van der Waals surface area contributed by atoms with Crippen molar-refractivity contribution in [3.8, 4) is 11.4 Å². The lowest BCUT2D eigenvalue weighted by Gasteiger charge is -2.36. The number of ether oxygens (including phenoxy) is 1. The van der Waals surface area contributed by atoms with Crippen molar-refractivity contribution in [2.45, 2.75) is 20.0 Å². The predicted molar refractivity (Wildman–Crippen MR) is 155 cm³/mol. The first-order valence-corrected chi connectivity index (χ1v) is 12.6. The van der Waals surface area contributed by atoms with E-state index in [1.165, 1.54) is 6.07 Å². The summed E-state index contributed by atoms with van der Waals surface area (Å²) in [5, 5.41) is 3.63. The molecule has 6 rings (SSSR count). The Labute approximate surface area is 239 Å². The molecule has 1 fully saturated rings. The summed E-state index contributed by atoms with van der Waals surface area (Å²) in [6.45, 7) is 6.59. The Morgan fingerprint density at radius 1 is 1.08 bits per heavy atom. The van der Waals surface area contributed by atoms with E-state index in [0.29, 0.717) is 17.8 Å². The summed E-state index contributed by atoms with van der Waals surface area (Å²) in [5.74, 6) is 0.387. The molecule has 11 heteroatoms. The van der Waals surface area contributed by atoms with Gasteiger partial charge in [0.05, 0.1) is 16.9 Å². The van der Waals surface area contributed by atoms with Gasteiger partial charge in [-0.25, -0.2) is 9.37 Å². The Kier molecular flexibility index (Phi) is 8.64. The number of aromatic nitrogens is 3. The molecule has 0 radical (unpaired) electrons. The Bertz CT molecular complexity index is 1500. The lowest BCUT2D eigenvalue weighted by molar-refractivity contribution is 0.0955. The van der Waals surface area contributed by atoms with Gasteiger partial charge in [0.2, 0.25) is 0 Å². The van der Waals surface area contributed by atoms with Crippen LogP contribution in [0, 0.1) is 12.7 Å². The van der Waals surface area contributed by atoms with Gasteiger partial charge in [0.25, 0.3) is 5.91 Å². The molecule has 4 heterocycles. The van der Waals surface area contributed by atoms with Gasteiger partial charge in [-0.15, -0.1) is 24.8 Å². The fraction of sp³-hybridized carbons (Fsp3) is 0.321. The molecule has 0 unspecified atom stereocenters. The molecule has 1 N–H and O–H groups in total. The normalized spacial score (nSPS) is 14.5. The summed E-state index contributed by atoms with van der Waals surface area (Å²) in [6.07, 6.45) is 2.54. The minimum atomic E-state index is -0.250. The third kappa shape index (κ3) is 5.39. The van der Waals surface area contributed by atoms with Gasteiger partial charge in [-0.3, -0.25) is 19.2 Å². The highest BCUT2D eigenvalue weighted by Gasteiger charge is 2.26. The third-order valence-corrected chi connectivity index (χ3v) is 7.30. The van der Waals surface area contributed by atoms with Crippen LogP contribution in [-0.4, -0.2) is 65.1 Å². The number of imidazole rings is 1. The highest BCUT2D eigenvalue weighted by molar-refractivity contribution is 5.93. The first-order chi connectivity index (χ1) is 18.0. The summed E-state index contributed by atoms with van der Waals surface area (Å²) in [6, 6.07) is 13.3. The topological polar surface area (TPSA) is 75.5 Å². The van der Waals surface area contributed by atoms with Crippen LogP contribution in [0.5, 0.6) is 5.75 Å². The van der Waals surface area contributed by atoms with Crippen LogP contribution >= 0.6 is 24.8 Å². The zero-order valence-corrected chi connectivity index (χ0v) is 23.4. The molecule has 0 spiro atoms. The van der Waals surface area contributed by atoms with Crippen LogP contribution in [0.25, 0.3) is 16.6 Å². The van der Waals surface area contributed by atoms with Crippen molar-refractivity contribution in [2.24, 2.45) is 0 Å². The number of para-hydroxylation sites is 1. The van der Waals surface area contributed by atoms with Crippen molar-refractivity contribution >= 4 is 47.3 Å². The molecule has 2 aromatic heterocycles. The number of fused-ring (bicyclic) bond motifs is 4. The molecule has 0 aliphatic carbocycles. The molecule has 4 aromatic rings. The average molecular weight is 574 g/mol. The maximum absolute atomic E-state index is 14.3. The van der Waals surface area contributed by atoms with Gasteiger partial charge in [0, 0.05) is 62.6 Å². The fourth-order valence-corrected chi connectivity index (χ4v) is 5.33. The average Bonchev–Trinajstić information content (AvgIpc) is 3.36. The number of nitrogens with zero attached hydrogens (tertiary/aromatic N) is 5. The van der Waals surface area contributed by atoms with Crippen molar-refractivity contribution in [1.29, 1.82) is 0 Å². The fourth-order valence-electron chi connectivity index (χ4n) is 5.33. The SMILES string of the molecule is CNC(=O)c1ncn2c1COc1c(CCN3CCN(c4cc(F)cc5nc(C)ccc45)CC3)cccc1-2.Cl.Cl. The third-order valence-electron chi connectivity index (χ3n) is 7.30. The van der Waals surface area contributed by atoms with Crippen LogP contribution in [0.1, 0.15) is 27.4 Å². The molecule has 0 bridgehead atoms. The van der Waals surface area contributed by atoms with Gasteiger partial charge < -0.3 is 15.0 Å². The number of anilines is 1. The van der Waals surface area contributed by atoms with E-state index in [4.69, 9.17) is 4.74 Å². The lowest BCUT2D eigenvalue weighted by Crippen LogP contribution is -2.47. The zero-order valence-electron chi connectivity index (χ0n) is 21.8. The maximum atomic E-state index is 14.3. The predicted octanol–water partition coefficient (Wildman–Crippen LogP) is 4.33. The number of carbonyl (C=O) groups excluding carboxylic acids is 1. The van der Waals surface area contributed by atoms with E-state index in [-0.39, 0.29) is 36.5 Å². The molecule has 0 atom stereocenters. The number of rotatable bonds is 5. The molecule has 2 aliphatic heterocycles. The van der Waals surface area contributed by atoms with Crippen molar-refractivity contribution in [3.05, 3.63) is 77.3 Å². The Balaban J connectivity index is 0.00000176. The van der Waals surface area contributed by atoms with Crippen LogP contribution in [0.15, 0.2) is 48.8 Å². The van der Waals surface area contributed by atoms with Crippen molar-refractivity contribution in [2.75, 3.05) is 44.7 Å². The number of amides is 1. The van der Waals surface area contributed by atoms with Crippen LogP contribution in [-0.2, 0) is 13.0 Å². The van der Waals surface area contributed by atoms with Crippen molar-refractivity contribution in [3.63, 3.8) is 0 Å². The summed E-state index contributed by atoms with van der Waals surface area (Å²) in [4.78, 5) is 25.7. The summed E-state index contributed by atoms with van der Waals surface area (Å²) in [5.41, 5.74) is 5.71. The summed E-state index contributed by atoms with van der Waals surface area (Å²) < 4.78 is 22.4. The van der Waals surface area contributed by atoms with Gasteiger partial charge in [0.1, 0.15) is 24.5 Å². The Morgan fingerprint density at radius 3 is 2.64 bits per heavy atom. The standard InChI is InChI=1S/C28H29FN6O2.2ClH/c1-18-6-7-21-22(32-18)14-20(29)15-24(21)34-12-10-33(11-13-34)9-8-19-4-3-5-23-27(19)37-16-25-26(28(36)30-2)31-17-35(23)25;;/h3-7,14-15,17H,8-13,16H2,1-2H3,(H,30,36);2*1H. The molecule has 39 heavy (non-hydrogen) atoms. The van der Waals surface area contributed by atoms with Gasteiger partial charge in [-0.2, -0.15) is 0 Å². The number of hydrogen-bond acceptors (Lipinski definition) is 6. The van der Waals surface area contributed by atoms with Gasteiger partial charge in [-0.1, -0.05) is 12.1 Å². The minimum Gasteiger partial charge on any atom is -0.485 e. The van der Waals surface area contributed by atoms with Crippen molar-refractivity contribution in [1.82, 2.24) is 24.8 Å². The molecule has 2 aromatic carbocycles. The Hall–Kier alpha value is -3.40. The quantitative estimate of drug-likeness (QED) is 0.383. The molecule has 1 amide bonds. The number of nitrogens with one attached hydrogen (secondary N) is 1.